The molecule has 2 atom stereocenters. The molecule has 0 unspecified atom stereocenters. The number of carbonyl (C=O) groups excluding carboxylic acids is 2. The van der Waals surface area contributed by atoms with Crippen LogP contribution in [0.4, 0.5) is 20.2 Å². The van der Waals surface area contributed by atoms with E-state index in [9.17, 15) is 28.6 Å². The van der Waals surface area contributed by atoms with E-state index in [1.165, 1.54) is 12.1 Å². The monoisotopic (exact) mass is 692 g/mol. The van der Waals surface area contributed by atoms with Crippen LogP contribution in [0, 0.1) is 22.5 Å². The fourth-order valence-electron chi connectivity index (χ4n) is 9.94. The fraction of sp³-hybridized carbons (Fsp3) is 0.650. The summed E-state index contributed by atoms with van der Waals surface area (Å²) in [5.41, 5.74) is 1.15. The van der Waals surface area contributed by atoms with Gasteiger partial charge >= 0.3 is 0 Å². The number of amides is 2. The van der Waals surface area contributed by atoms with Gasteiger partial charge in [0.25, 0.3) is 0 Å². The first-order valence-electron chi connectivity index (χ1n) is 19.1. The summed E-state index contributed by atoms with van der Waals surface area (Å²) in [6.07, 6.45) is 12.1. The first-order valence-corrected chi connectivity index (χ1v) is 19.1. The van der Waals surface area contributed by atoms with E-state index < -0.39 is 0 Å². The molecule has 2 N–H and O–H groups in total. The molecule has 4 saturated heterocycles. The highest BCUT2D eigenvalue weighted by Crippen LogP contribution is 2.45. The van der Waals surface area contributed by atoms with Crippen molar-refractivity contribution in [3.8, 4) is 0 Å². The zero-order valence-electron chi connectivity index (χ0n) is 29.3. The standard InChI is InChI=1S/2C20H27FN2O2/c2*21-15-3-1-4-17(13-15)22-11-2-9-20(14-22)10-12-23(19(20)25)16-5-7-18(24)8-6-16/h2*1,3-4,13,16,18,24H,2,5-12,14H2/t2*16?,18?,20-/m11/s1. The Morgan fingerprint density at radius 3 is 1.34 bits per heavy atom. The van der Waals surface area contributed by atoms with Crippen LogP contribution in [0.25, 0.3) is 0 Å². The number of carbonyl (C=O) groups is 2. The molecular weight excluding hydrogens is 638 g/mol. The molecule has 272 valence electrons. The minimum absolute atomic E-state index is 0.193. The van der Waals surface area contributed by atoms with Crippen LogP contribution < -0.4 is 9.80 Å². The molecule has 2 spiro atoms. The highest BCUT2D eigenvalue weighted by Gasteiger charge is 2.52. The second-order valence-corrected chi connectivity index (χ2v) is 16.0. The van der Waals surface area contributed by atoms with Crippen LogP contribution in [0.2, 0.25) is 0 Å². The predicted octanol–water partition coefficient (Wildman–Crippen LogP) is 5.90. The lowest BCUT2D eigenvalue weighted by Crippen LogP contribution is -2.50. The van der Waals surface area contributed by atoms with Crippen LogP contribution in [0.15, 0.2) is 48.5 Å². The topological polar surface area (TPSA) is 87.6 Å². The molecule has 6 fully saturated rings. The molecule has 2 aliphatic carbocycles. The van der Waals surface area contributed by atoms with Crippen LogP contribution in [0.1, 0.15) is 89.9 Å². The number of aliphatic hydroxyl groups is 2. The van der Waals surface area contributed by atoms with Crippen molar-refractivity contribution < 1.29 is 28.6 Å². The Hall–Kier alpha value is -3.24. The number of rotatable bonds is 4. The lowest BCUT2D eigenvalue weighted by molar-refractivity contribution is -0.140. The third-order valence-electron chi connectivity index (χ3n) is 12.8. The summed E-state index contributed by atoms with van der Waals surface area (Å²) < 4.78 is 27.2. The van der Waals surface area contributed by atoms with Gasteiger partial charge in [-0.3, -0.25) is 9.59 Å². The van der Waals surface area contributed by atoms with Crippen molar-refractivity contribution in [1.82, 2.24) is 9.80 Å². The lowest BCUT2D eigenvalue weighted by Gasteiger charge is -2.41. The molecule has 8 rings (SSSR count). The number of anilines is 2. The molecule has 10 heteroatoms. The number of likely N-dealkylation sites (tertiary alicyclic amines) is 2. The molecule has 2 aromatic carbocycles. The minimum atomic E-state index is -0.305. The smallest absolute Gasteiger partial charge is 0.230 e. The zero-order chi connectivity index (χ0) is 34.9. The summed E-state index contributed by atoms with van der Waals surface area (Å²) >= 11 is 0. The van der Waals surface area contributed by atoms with Crippen LogP contribution >= 0.6 is 0 Å². The number of piperidine rings is 2. The van der Waals surface area contributed by atoms with Crippen molar-refractivity contribution in [3.05, 3.63) is 60.2 Å². The van der Waals surface area contributed by atoms with Gasteiger partial charge in [-0.15, -0.1) is 0 Å². The van der Waals surface area contributed by atoms with E-state index in [0.29, 0.717) is 25.2 Å². The van der Waals surface area contributed by atoms with E-state index >= 15 is 0 Å². The molecule has 0 bridgehead atoms. The molecule has 0 radical (unpaired) electrons. The van der Waals surface area contributed by atoms with Gasteiger partial charge in [-0.1, -0.05) is 12.1 Å². The quantitative estimate of drug-likeness (QED) is 0.416. The third kappa shape index (κ3) is 7.25. The van der Waals surface area contributed by atoms with Crippen molar-refractivity contribution in [2.24, 2.45) is 10.8 Å². The summed E-state index contributed by atoms with van der Waals surface area (Å²) in [5.74, 6) is 0.125. The van der Waals surface area contributed by atoms with E-state index in [0.717, 1.165) is 127 Å². The number of nitrogens with zero attached hydrogens (tertiary/aromatic N) is 4. The normalized spacial score (nSPS) is 33.3. The van der Waals surface area contributed by atoms with Gasteiger partial charge in [0.1, 0.15) is 11.6 Å². The predicted molar refractivity (Wildman–Crippen MR) is 190 cm³/mol. The van der Waals surface area contributed by atoms with Crippen molar-refractivity contribution in [2.45, 2.75) is 114 Å². The first-order chi connectivity index (χ1) is 24.1. The van der Waals surface area contributed by atoms with Gasteiger partial charge in [-0.25, -0.2) is 8.78 Å². The first kappa shape index (κ1) is 35.2. The Kier molecular flexibility index (Phi) is 10.4. The van der Waals surface area contributed by atoms with E-state index in [-0.39, 0.29) is 46.5 Å². The zero-order valence-corrected chi connectivity index (χ0v) is 29.3. The van der Waals surface area contributed by atoms with E-state index in [1.54, 1.807) is 24.3 Å². The molecule has 6 aliphatic rings. The van der Waals surface area contributed by atoms with E-state index in [2.05, 4.69) is 19.6 Å². The molecule has 8 nitrogen and oxygen atoms in total. The maximum Gasteiger partial charge on any atom is 0.230 e. The highest BCUT2D eigenvalue weighted by atomic mass is 19.1. The number of halogens is 2. The van der Waals surface area contributed by atoms with Gasteiger partial charge in [0, 0.05) is 62.7 Å². The summed E-state index contributed by atoms with van der Waals surface area (Å²) in [4.78, 5) is 35.1. The second kappa shape index (κ2) is 14.8. The minimum Gasteiger partial charge on any atom is -0.393 e. The number of hydrogen-bond acceptors (Lipinski definition) is 6. The summed E-state index contributed by atoms with van der Waals surface area (Å²) in [7, 11) is 0. The van der Waals surface area contributed by atoms with Crippen LogP contribution in [-0.2, 0) is 9.59 Å². The molecule has 50 heavy (non-hydrogen) atoms. The molecule has 2 saturated carbocycles. The van der Waals surface area contributed by atoms with Gasteiger partial charge in [0.05, 0.1) is 23.0 Å². The van der Waals surface area contributed by atoms with Gasteiger partial charge < -0.3 is 29.8 Å². The van der Waals surface area contributed by atoms with Gasteiger partial charge in [0.2, 0.25) is 11.8 Å². The molecule has 2 amide bonds. The van der Waals surface area contributed by atoms with E-state index in [1.807, 2.05) is 12.1 Å². The van der Waals surface area contributed by atoms with Gasteiger partial charge in [-0.2, -0.15) is 0 Å². The Bertz CT molecular complexity index is 1400. The Labute approximate surface area is 295 Å². The maximum atomic E-state index is 13.6. The van der Waals surface area contributed by atoms with Crippen LogP contribution in [-0.4, -0.2) is 95.4 Å². The molecule has 4 aliphatic heterocycles. The SMILES string of the molecule is O=C1N(C2CCC(O)CC2)CC[C@@]12CCCN(c1cccc(F)c1)C2.O=C1N(C2CCC(O)CC2)CC[C@@]12CCCN(c1cccc(F)c1)C2. The molecule has 4 heterocycles. The number of aliphatic hydroxyl groups excluding tert-OH is 2. The van der Waals surface area contributed by atoms with Crippen molar-refractivity contribution in [1.29, 1.82) is 0 Å². The Balaban J connectivity index is 0.000000157. The highest BCUT2D eigenvalue weighted by molar-refractivity contribution is 5.87. The Morgan fingerprint density at radius 1 is 0.560 bits per heavy atom. The third-order valence-corrected chi connectivity index (χ3v) is 12.8. The van der Waals surface area contributed by atoms with Crippen molar-refractivity contribution >= 4 is 23.2 Å². The van der Waals surface area contributed by atoms with Crippen LogP contribution in [0.3, 0.4) is 0 Å². The molecule has 2 aromatic rings. The average molecular weight is 693 g/mol. The van der Waals surface area contributed by atoms with E-state index in [4.69, 9.17) is 0 Å². The summed E-state index contributed by atoms with van der Waals surface area (Å²) in [6, 6.07) is 14.0. The average Bonchev–Trinajstić information content (AvgIpc) is 3.60. The van der Waals surface area contributed by atoms with Crippen LogP contribution in [0.5, 0.6) is 0 Å². The lowest BCUT2D eigenvalue weighted by atomic mass is 9.78. The van der Waals surface area contributed by atoms with Crippen molar-refractivity contribution in [2.75, 3.05) is 49.1 Å². The largest absolute Gasteiger partial charge is 0.393 e. The molecular formula is C40H54F2N4O4. The summed E-state index contributed by atoms with van der Waals surface area (Å²) in [6.45, 7) is 4.82. The number of benzene rings is 2. The molecule has 0 aromatic heterocycles. The Morgan fingerprint density at radius 2 is 0.960 bits per heavy atom. The summed E-state index contributed by atoms with van der Waals surface area (Å²) in [5, 5.41) is 19.4. The van der Waals surface area contributed by atoms with Crippen molar-refractivity contribution in [3.63, 3.8) is 0 Å². The second-order valence-electron chi connectivity index (χ2n) is 16.0. The maximum absolute atomic E-state index is 13.6. The fourth-order valence-corrected chi connectivity index (χ4v) is 9.94. The van der Waals surface area contributed by atoms with Gasteiger partial charge in [-0.05, 0) is 126 Å². The van der Waals surface area contributed by atoms with Gasteiger partial charge in [0.15, 0.2) is 0 Å². The number of hydrogen-bond donors (Lipinski definition) is 2.